The van der Waals surface area contributed by atoms with Crippen molar-refractivity contribution in [3.8, 4) is 0 Å². The van der Waals surface area contributed by atoms with Crippen LogP contribution in [-0.4, -0.2) is 38.8 Å². The molecule has 0 radical (unpaired) electrons. The zero-order valence-corrected chi connectivity index (χ0v) is 16.1. The summed E-state index contributed by atoms with van der Waals surface area (Å²) < 4.78 is 0. The van der Waals surface area contributed by atoms with Crippen molar-refractivity contribution in [2.24, 2.45) is 11.8 Å². The normalized spacial score (nSPS) is 26.0. The van der Waals surface area contributed by atoms with Crippen molar-refractivity contribution in [2.45, 2.75) is 83.3 Å². The molecule has 0 aromatic rings. The molecule has 5 heteroatoms. The second-order valence-electron chi connectivity index (χ2n) is 7.59. The fourth-order valence-electron chi connectivity index (χ4n) is 3.39. The van der Waals surface area contributed by atoms with Crippen molar-refractivity contribution >= 4 is 11.8 Å². The van der Waals surface area contributed by atoms with E-state index in [4.69, 9.17) is 5.11 Å². The van der Waals surface area contributed by atoms with E-state index in [9.17, 15) is 19.8 Å². The number of hydrogen-bond acceptors (Lipinski definition) is 4. The number of unbranched alkanes of at least 4 members (excludes halogenated alkanes) is 3. The van der Waals surface area contributed by atoms with E-state index in [0.29, 0.717) is 25.7 Å². The highest BCUT2D eigenvalue weighted by atomic mass is 16.4. The lowest BCUT2D eigenvalue weighted by atomic mass is 9.88. The van der Waals surface area contributed by atoms with Crippen LogP contribution in [0.2, 0.25) is 0 Å². The highest BCUT2D eigenvalue weighted by Gasteiger charge is 2.39. The summed E-state index contributed by atoms with van der Waals surface area (Å²) >= 11 is 0. The summed E-state index contributed by atoms with van der Waals surface area (Å²) in [5.41, 5.74) is -0.930. The third-order valence-electron chi connectivity index (χ3n) is 5.02. The number of ketones is 1. The van der Waals surface area contributed by atoms with Crippen molar-refractivity contribution in [3.63, 3.8) is 0 Å². The number of allylic oxidation sites excluding steroid dienone is 3. The van der Waals surface area contributed by atoms with Crippen LogP contribution in [0.25, 0.3) is 0 Å². The number of carboxylic acid groups (broad SMARTS) is 1. The third-order valence-corrected chi connectivity index (χ3v) is 5.02. The average molecular weight is 366 g/mol. The SMILES string of the molecule is CCCCC[C@@](C)(O)/C=C/[C@H]1C(=O)CC(O)C1C/C=C/CCCC(=O)O. The van der Waals surface area contributed by atoms with Crippen LogP contribution in [0.4, 0.5) is 0 Å². The van der Waals surface area contributed by atoms with Gasteiger partial charge in [0.25, 0.3) is 0 Å². The van der Waals surface area contributed by atoms with Crippen LogP contribution >= 0.6 is 0 Å². The van der Waals surface area contributed by atoms with Gasteiger partial charge in [-0.1, -0.05) is 50.5 Å². The average Bonchev–Trinajstić information content (AvgIpc) is 2.82. The number of carbonyl (C=O) groups is 2. The Bertz CT molecular complexity index is 507. The Balaban J connectivity index is 2.58. The van der Waals surface area contributed by atoms with E-state index in [1.54, 1.807) is 19.1 Å². The Morgan fingerprint density at radius 2 is 2.00 bits per heavy atom. The zero-order valence-electron chi connectivity index (χ0n) is 16.1. The Morgan fingerprint density at radius 3 is 2.65 bits per heavy atom. The summed E-state index contributed by atoms with van der Waals surface area (Å²) in [4.78, 5) is 22.7. The second-order valence-corrected chi connectivity index (χ2v) is 7.59. The van der Waals surface area contributed by atoms with Gasteiger partial charge in [0.1, 0.15) is 5.78 Å². The van der Waals surface area contributed by atoms with Crippen LogP contribution in [-0.2, 0) is 9.59 Å². The number of carbonyl (C=O) groups excluding carboxylic acids is 1. The van der Waals surface area contributed by atoms with Crippen LogP contribution in [0.1, 0.15) is 71.6 Å². The van der Waals surface area contributed by atoms with Gasteiger partial charge in [0, 0.05) is 24.7 Å². The van der Waals surface area contributed by atoms with Crippen molar-refractivity contribution < 1.29 is 24.9 Å². The number of rotatable bonds is 12. The molecule has 148 valence electrons. The number of carboxylic acids is 1. The van der Waals surface area contributed by atoms with Gasteiger partial charge < -0.3 is 15.3 Å². The molecule has 1 fully saturated rings. The van der Waals surface area contributed by atoms with Gasteiger partial charge in [-0.15, -0.1) is 0 Å². The minimum Gasteiger partial charge on any atom is -0.481 e. The molecule has 0 saturated heterocycles. The van der Waals surface area contributed by atoms with E-state index in [-0.39, 0.29) is 30.5 Å². The first-order valence-corrected chi connectivity index (χ1v) is 9.76. The molecule has 1 aliphatic carbocycles. The quantitative estimate of drug-likeness (QED) is 0.362. The van der Waals surface area contributed by atoms with Gasteiger partial charge >= 0.3 is 5.97 Å². The maximum atomic E-state index is 12.2. The first kappa shape index (κ1) is 22.6. The Hall–Kier alpha value is -1.46. The molecule has 1 rings (SSSR count). The molecule has 0 aromatic heterocycles. The van der Waals surface area contributed by atoms with Crippen molar-refractivity contribution in [1.29, 1.82) is 0 Å². The standard InChI is InChI=1S/C21H34O5/c1-3-4-9-13-21(2,26)14-12-17-16(18(22)15-19(17)23)10-7-5-6-8-11-20(24)25/h5,7,12,14,16-18,22,26H,3-4,6,8-11,13,15H2,1-2H3,(H,24,25)/b7-5+,14-12+/t16?,17-,18?,21-/m1/s1. The Kier molecular flexibility index (Phi) is 9.81. The smallest absolute Gasteiger partial charge is 0.303 e. The van der Waals surface area contributed by atoms with Crippen molar-refractivity contribution in [3.05, 3.63) is 24.3 Å². The summed E-state index contributed by atoms with van der Waals surface area (Å²) in [6.45, 7) is 3.87. The maximum Gasteiger partial charge on any atom is 0.303 e. The monoisotopic (exact) mass is 366 g/mol. The van der Waals surface area contributed by atoms with Crippen LogP contribution in [0.3, 0.4) is 0 Å². The molecular weight excluding hydrogens is 332 g/mol. The molecule has 2 unspecified atom stereocenters. The molecular formula is C21H34O5. The first-order valence-electron chi connectivity index (χ1n) is 9.76. The molecule has 26 heavy (non-hydrogen) atoms. The summed E-state index contributed by atoms with van der Waals surface area (Å²) in [5.74, 6) is -1.33. The molecule has 1 aliphatic rings. The lowest BCUT2D eigenvalue weighted by molar-refractivity contribution is -0.137. The summed E-state index contributed by atoms with van der Waals surface area (Å²) in [6.07, 6.45) is 12.6. The largest absolute Gasteiger partial charge is 0.481 e. The van der Waals surface area contributed by atoms with E-state index >= 15 is 0 Å². The second kappa shape index (κ2) is 11.3. The molecule has 0 spiro atoms. The highest BCUT2D eigenvalue weighted by Crippen LogP contribution is 2.34. The lowest BCUT2D eigenvalue weighted by Crippen LogP contribution is -2.23. The topological polar surface area (TPSA) is 94.8 Å². The fourth-order valence-corrected chi connectivity index (χ4v) is 3.39. The molecule has 0 aliphatic heterocycles. The maximum absolute atomic E-state index is 12.2. The van der Waals surface area contributed by atoms with Crippen molar-refractivity contribution in [2.75, 3.05) is 0 Å². The predicted molar refractivity (Wildman–Crippen MR) is 102 cm³/mol. The number of aliphatic carboxylic acids is 1. The van der Waals surface area contributed by atoms with E-state index < -0.39 is 17.7 Å². The summed E-state index contributed by atoms with van der Waals surface area (Å²) in [6, 6.07) is 0. The van der Waals surface area contributed by atoms with Gasteiger partial charge in [0.2, 0.25) is 0 Å². The summed E-state index contributed by atoms with van der Waals surface area (Å²) in [7, 11) is 0. The van der Waals surface area contributed by atoms with Gasteiger partial charge in [-0.25, -0.2) is 0 Å². The van der Waals surface area contributed by atoms with E-state index in [1.807, 2.05) is 12.2 Å². The number of aliphatic hydroxyl groups excluding tert-OH is 1. The molecule has 0 bridgehead atoms. The summed E-state index contributed by atoms with van der Waals surface area (Å²) in [5, 5.41) is 29.2. The molecule has 5 nitrogen and oxygen atoms in total. The minimum atomic E-state index is -0.930. The Labute approximate surface area is 156 Å². The Morgan fingerprint density at radius 1 is 1.27 bits per heavy atom. The minimum absolute atomic E-state index is 0.0161. The number of Topliss-reactive ketones (excluding diaryl/α,β-unsaturated/α-hetero) is 1. The van der Waals surface area contributed by atoms with Crippen LogP contribution in [0, 0.1) is 11.8 Å². The highest BCUT2D eigenvalue weighted by molar-refractivity contribution is 5.86. The fraction of sp³-hybridized carbons (Fsp3) is 0.714. The van der Waals surface area contributed by atoms with Crippen LogP contribution in [0.15, 0.2) is 24.3 Å². The van der Waals surface area contributed by atoms with Gasteiger partial charge in [-0.05, 0) is 32.6 Å². The predicted octanol–water partition coefficient (Wildman–Crippen LogP) is 3.64. The number of hydrogen-bond donors (Lipinski definition) is 3. The van der Waals surface area contributed by atoms with E-state index in [2.05, 4.69) is 6.92 Å². The van der Waals surface area contributed by atoms with Crippen LogP contribution < -0.4 is 0 Å². The molecule has 4 atom stereocenters. The van der Waals surface area contributed by atoms with Gasteiger partial charge in [-0.2, -0.15) is 0 Å². The van der Waals surface area contributed by atoms with Gasteiger partial charge in [-0.3, -0.25) is 9.59 Å². The number of aliphatic hydroxyl groups is 2. The molecule has 0 aromatic carbocycles. The first-order chi connectivity index (χ1) is 12.3. The van der Waals surface area contributed by atoms with E-state index in [1.165, 1.54) is 0 Å². The van der Waals surface area contributed by atoms with Gasteiger partial charge in [0.15, 0.2) is 0 Å². The zero-order chi connectivity index (χ0) is 19.6. The lowest BCUT2D eigenvalue weighted by Gasteiger charge is -2.21. The molecule has 1 saturated carbocycles. The van der Waals surface area contributed by atoms with Crippen LogP contribution in [0.5, 0.6) is 0 Å². The van der Waals surface area contributed by atoms with Gasteiger partial charge in [0.05, 0.1) is 11.7 Å². The van der Waals surface area contributed by atoms with Crippen molar-refractivity contribution in [1.82, 2.24) is 0 Å². The molecule has 0 heterocycles. The van der Waals surface area contributed by atoms with E-state index in [0.717, 1.165) is 19.3 Å². The molecule has 0 amide bonds. The molecule has 3 N–H and O–H groups in total. The third kappa shape index (κ3) is 8.28.